The second-order valence-corrected chi connectivity index (χ2v) is 7.30. The van der Waals surface area contributed by atoms with Gasteiger partial charge in [-0.15, -0.1) is 0 Å². The number of alkyl halides is 3. The minimum atomic E-state index is -4.57. The number of amides is 1. The Bertz CT molecular complexity index is 1150. The molecule has 0 saturated carbocycles. The maximum Gasteiger partial charge on any atom is 0.418 e. The largest absolute Gasteiger partial charge is 0.418 e. The summed E-state index contributed by atoms with van der Waals surface area (Å²) in [6, 6.07) is 9.90. The van der Waals surface area contributed by atoms with Crippen LogP contribution in [0.2, 0.25) is 0 Å². The van der Waals surface area contributed by atoms with Gasteiger partial charge in [0.2, 0.25) is 17.4 Å². The highest BCUT2D eigenvalue weighted by molar-refractivity contribution is 5.93. The number of piperazine rings is 1. The zero-order valence-electron chi connectivity index (χ0n) is 16.7. The lowest BCUT2D eigenvalue weighted by atomic mass is 10.1. The molecular formula is C20H19F3N6O3. The lowest BCUT2D eigenvalue weighted by Crippen LogP contribution is -2.49. The summed E-state index contributed by atoms with van der Waals surface area (Å²) < 4.78 is 40.7. The van der Waals surface area contributed by atoms with Gasteiger partial charge in [0.15, 0.2) is 0 Å². The smallest absolute Gasteiger partial charge is 0.358 e. The van der Waals surface area contributed by atoms with Gasteiger partial charge < -0.3 is 20.3 Å². The van der Waals surface area contributed by atoms with E-state index in [-0.39, 0.29) is 23.9 Å². The van der Waals surface area contributed by atoms with Gasteiger partial charge in [-0.1, -0.05) is 18.2 Å². The van der Waals surface area contributed by atoms with Gasteiger partial charge in [0.25, 0.3) is 0 Å². The molecule has 168 valence electrons. The predicted octanol–water partition coefficient (Wildman–Crippen LogP) is 3.02. The summed E-state index contributed by atoms with van der Waals surface area (Å²) in [6.45, 7) is 1.49. The van der Waals surface area contributed by atoms with Crippen molar-refractivity contribution in [3.05, 3.63) is 64.3 Å². The molecule has 32 heavy (non-hydrogen) atoms. The van der Waals surface area contributed by atoms with E-state index in [4.69, 9.17) is 0 Å². The van der Waals surface area contributed by atoms with Crippen molar-refractivity contribution in [1.82, 2.24) is 14.3 Å². The number of aromatic nitrogens is 2. The molecule has 9 nitrogen and oxygen atoms in total. The first-order valence-electron chi connectivity index (χ1n) is 9.79. The van der Waals surface area contributed by atoms with Crippen LogP contribution >= 0.6 is 0 Å². The highest BCUT2D eigenvalue weighted by Gasteiger charge is 2.34. The van der Waals surface area contributed by atoms with Gasteiger partial charge in [-0.25, -0.2) is 0 Å². The molecule has 1 aliphatic rings. The Morgan fingerprint density at radius 2 is 1.78 bits per heavy atom. The number of nitrogens with zero attached hydrogens (tertiary/aromatic N) is 5. The Labute approximate surface area is 180 Å². The number of anilines is 2. The molecule has 0 radical (unpaired) electrons. The first-order chi connectivity index (χ1) is 15.2. The van der Waals surface area contributed by atoms with E-state index in [9.17, 15) is 28.1 Å². The van der Waals surface area contributed by atoms with E-state index < -0.39 is 22.6 Å². The average Bonchev–Trinajstić information content (AvgIpc) is 3.13. The molecule has 3 heterocycles. The van der Waals surface area contributed by atoms with Crippen molar-refractivity contribution in [1.29, 1.82) is 0 Å². The lowest BCUT2D eigenvalue weighted by molar-refractivity contribution is -0.389. The van der Waals surface area contributed by atoms with E-state index in [0.29, 0.717) is 31.8 Å². The topological polar surface area (TPSA) is 96.0 Å². The van der Waals surface area contributed by atoms with E-state index in [1.165, 1.54) is 22.6 Å². The molecule has 1 fully saturated rings. The number of para-hydroxylation sites is 1. The molecule has 2 aromatic heterocycles. The van der Waals surface area contributed by atoms with Gasteiger partial charge in [-0.2, -0.15) is 22.6 Å². The number of nitrogens with one attached hydrogen (secondary N) is 1. The SMILES string of the molecule is O=C(CN1CCN(c2nc3ccccn3c2[N+](=O)[O-])CC1)Nc1ccccc1C(F)(F)F. The van der Waals surface area contributed by atoms with Crippen LogP contribution in [0.1, 0.15) is 5.56 Å². The minimum Gasteiger partial charge on any atom is -0.358 e. The van der Waals surface area contributed by atoms with Crippen LogP contribution in [0.15, 0.2) is 48.7 Å². The van der Waals surface area contributed by atoms with Crippen LogP contribution in [-0.4, -0.2) is 57.8 Å². The zero-order valence-corrected chi connectivity index (χ0v) is 16.7. The molecular weight excluding hydrogens is 429 g/mol. The predicted molar refractivity (Wildman–Crippen MR) is 111 cm³/mol. The fourth-order valence-corrected chi connectivity index (χ4v) is 3.70. The number of imidazole rings is 1. The quantitative estimate of drug-likeness (QED) is 0.476. The number of carbonyl (C=O) groups excluding carboxylic acids is 1. The van der Waals surface area contributed by atoms with Crippen molar-refractivity contribution in [2.75, 3.05) is 42.9 Å². The van der Waals surface area contributed by atoms with Crippen molar-refractivity contribution in [3.63, 3.8) is 0 Å². The van der Waals surface area contributed by atoms with Crippen LogP contribution in [0, 0.1) is 10.1 Å². The second-order valence-electron chi connectivity index (χ2n) is 7.30. The molecule has 1 amide bonds. The van der Waals surface area contributed by atoms with Crippen LogP contribution in [0.5, 0.6) is 0 Å². The van der Waals surface area contributed by atoms with Crippen molar-refractivity contribution >= 4 is 28.9 Å². The fraction of sp³-hybridized carbons (Fsp3) is 0.300. The number of pyridine rings is 1. The highest BCUT2D eigenvalue weighted by atomic mass is 19.4. The van der Waals surface area contributed by atoms with E-state index in [1.54, 1.807) is 34.2 Å². The van der Waals surface area contributed by atoms with Gasteiger partial charge in [0.05, 0.1) is 24.0 Å². The fourth-order valence-electron chi connectivity index (χ4n) is 3.70. The van der Waals surface area contributed by atoms with Crippen molar-refractivity contribution in [2.45, 2.75) is 6.18 Å². The number of hydrogen-bond donors (Lipinski definition) is 1. The molecule has 1 aliphatic heterocycles. The molecule has 0 atom stereocenters. The molecule has 4 rings (SSSR count). The molecule has 3 aromatic rings. The number of halogens is 3. The normalized spacial score (nSPS) is 15.2. The number of nitro groups is 1. The second kappa shape index (κ2) is 8.46. The summed E-state index contributed by atoms with van der Waals surface area (Å²) in [4.78, 5) is 31.4. The number of carbonyl (C=O) groups is 1. The van der Waals surface area contributed by atoms with Crippen LogP contribution in [0.25, 0.3) is 5.65 Å². The van der Waals surface area contributed by atoms with Crippen LogP contribution in [0.4, 0.5) is 30.5 Å². The number of fused-ring (bicyclic) bond motifs is 1. The Morgan fingerprint density at radius 3 is 2.47 bits per heavy atom. The number of rotatable bonds is 5. The van der Waals surface area contributed by atoms with Gasteiger partial charge >= 0.3 is 12.0 Å². The Balaban J connectivity index is 1.40. The van der Waals surface area contributed by atoms with Gasteiger partial charge in [-0.3, -0.25) is 9.69 Å². The first kappa shape index (κ1) is 21.6. The number of benzene rings is 1. The summed E-state index contributed by atoms with van der Waals surface area (Å²) in [6.07, 6.45) is -3.00. The Kier molecular flexibility index (Phi) is 5.70. The maximum atomic E-state index is 13.1. The molecule has 1 N–H and O–H groups in total. The average molecular weight is 448 g/mol. The molecule has 0 aliphatic carbocycles. The summed E-state index contributed by atoms with van der Waals surface area (Å²) in [5, 5.41) is 13.9. The van der Waals surface area contributed by atoms with Gasteiger partial charge in [0.1, 0.15) is 0 Å². The zero-order chi connectivity index (χ0) is 22.9. The highest BCUT2D eigenvalue weighted by Crippen LogP contribution is 2.34. The molecule has 0 bridgehead atoms. The van der Waals surface area contributed by atoms with E-state index >= 15 is 0 Å². The van der Waals surface area contributed by atoms with Crippen LogP contribution < -0.4 is 10.2 Å². The minimum absolute atomic E-state index is 0.0900. The molecule has 0 spiro atoms. The van der Waals surface area contributed by atoms with E-state index in [0.717, 1.165) is 6.07 Å². The summed E-state index contributed by atoms with van der Waals surface area (Å²) in [5.41, 5.74) is -0.736. The van der Waals surface area contributed by atoms with Crippen molar-refractivity contribution in [3.8, 4) is 0 Å². The molecule has 0 unspecified atom stereocenters. The standard InChI is InChI=1S/C20H19F3N6O3/c21-20(22,23)14-5-1-2-6-15(14)24-17(30)13-26-9-11-27(12-10-26)18-19(29(31)32)28-8-4-3-7-16(28)25-18/h1-8H,9-13H2,(H,24,30). The lowest BCUT2D eigenvalue weighted by Gasteiger charge is -2.34. The van der Waals surface area contributed by atoms with Crippen molar-refractivity contribution < 1.29 is 22.9 Å². The van der Waals surface area contributed by atoms with Crippen LogP contribution in [-0.2, 0) is 11.0 Å². The third-order valence-corrected chi connectivity index (χ3v) is 5.21. The number of hydrogen-bond acceptors (Lipinski definition) is 6. The van der Waals surface area contributed by atoms with E-state index in [2.05, 4.69) is 10.3 Å². The molecule has 12 heteroatoms. The van der Waals surface area contributed by atoms with E-state index in [1.807, 2.05) is 0 Å². The van der Waals surface area contributed by atoms with Gasteiger partial charge in [0, 0.05) is 32.2 Å². The van der Waals surface area contributed by atoms with Gasteiger partial charge in [-0.05, 0) is 23.1 Å². The Morgan fingerprint density at radius 1 is 1.09 bits per heavy atom. The monoisotopic (exact) mass is 448 g/mol. The third-order valence-electron chi connectivity index (χ3n) is 5.21. The summed E-state index contributed by atoms with van der Waals surface area (Å²) in [7, 11) is 0. The maximum absolute atomic E-state index is 13.1. The summed E-state index contributed by atoms with van der Waals surface area (Å²) >= 11 is 0. The summed E-state index contributed by atoms with van der Waals surface area (Å²) in [5.74, 6) is -0.436. The van der Waals surface area contributed by atoms with Crippen LogP contribution in [0.3, 0.4) is 0 Å². The third kappa shape index (κ3) is 4.35. The van der Waals surface area contributed by atoms with Crippen molar-refractivity contribution in [2.24, 2.45) is 0 Å². The molecule has 1 aromatic carbocycles. The Hall–Kier alpha value is -3.67. The molecule has 1 saturated heterocycles. The first-order valence-corrected chi connectivity index (χ1v) is 9.79.